The molecule has 1 spiro atoms. The smallest absolute Gasteiger partial charge is 0.280 e. The van der Waals surface area contributed by atoms with E-state index in [9.17, 15) is 9.59 Å². The third-order valence-corrected chi connectivity index (χ3v) is 8.49. The molecule has 1 atom stereocenters. The minimum atomic E-state index is -1.57. The van der Waals surface area contributed by atoms with E-state index in [1.807, 2.05) is 31.4 Å². The lowest BCUT2D eigenvalue weighted by atomic mass is 9.86. The molecule has 0 radical (unpaired) electrons. The van der Waals surface area contributed by atoms with Gasteiger partial charge < -0.3 is 14.6 Å². The first-order chi connectivity index (χ1) is 19.7. The van der Waals surface area contributed by atoms with E-state index < -0.39 is 11.4 Å². The molecule has 208 valence electrons. The topological polar surface area (TPSA) is 102 Å². The monoisotopic (exact) mass is 588 g/mol. The first kappa shape index (κ1) is 26.0. The first-order valence-corrected chi connectivity index (χ1v) is 14.2. The van der Waals surface area contributed by atoms with E-state index in [1.165, 1.54) is 4.90 Å². The quantitative estimate of drug-likeness (QED) is 0.294. The number of hydrogen-bond acceptors (Lipinski definition) is 6. The molecule has 2 aliphatic heterocycles. The van der Waals surface area contributed by atoms with Gasteiger partial charge in [-0.3, -0.25) is 14.5 Å². The summed E-state index contributed by atoms with van der Waals surface area (Å²) in [5, 5.41) is 3.90. The van der Waals surface area contributed by atoms with E-state index in [0.29, 0.717) is 55.9 Å². The molecule has 0 unspecified atom stereocenters. The van der Waals surface area contributed by atoms with E-state index in [2.05, 4.69) is 15.3 Å². The standard InChI is InChI=1S/C30H26Cl2N6O3/c1-14(2)37-24-23(35-26(37)19-13-33-25(16-6-7-16)36-27(19)41-4)28(39)38(22-12-18(32)8-5-15(22)3)30(24)20-10-9-17(31)11-21(20)34-29(30)40/h5,8-14,16H,6-7H2,1-4H3,(H,34,40)/t30-/m1/s1. The van der Waals surface area contributed by atoms with Crippen LogP contribution < -0.4 is 15.0 Å². The fraction of sp³-hybridized carbons (Fsp3) is 0.300. The number of rotatable bonds is 5. The number of ether oxygens (including phenoxy) is 1. The zero-order valence-corrected chi connectivity index (χ0v) is 24.3. The Bertz CT molecular complexity index is 1800. The zero-order chi connectivity index (χ0) is 28.8. The number of aryl methyl sites for hydroxylation is 1. The SMILES string of the molecule is COc1nc(C2CC2)ncc1-c1nc2c(n1C(C)C)[C@]1(C(=O)Nc3cc(Cl)ccc31)N(c1cc(Cl)ccc1C)C2=O. The highest BCUT2D eigenvalue weighted by Gasteiger charge is 2.64. The van der Waals surface area contributed by atoms with Gasteiger partial charge in [-0.25, -0.2) is 9.97 Å². The van der Waals surface area contributed by atoms with Crippen LogP contribution in [0, 0.1) is 6.92 Å². The fourth-order valence-electron chi connectivity index (χ4n) is 6.05. The number of halogens is 2. The van der Waals surface area contributed by atoms with Crippen molar-refractivity contribution in [1.82, 2.24) is 19.5 Å². The number of aromatic nitrogens is 4. The van der Waals surface area contributed by atoms with Crippen molar-refractivity contribution in [3.8, 4) is 17.3 Å². The van der Waals surface area contributed by atoms with Crippen molar-refractivity contribution in [3.05, 3.63) is 81.0 Å². The molecule has 11 heteroatoms. The highest BCUT2D eigenvalue weighted by atomic mass is 35.5. The van der Waals surface area contributed by atoms with Crippen LogP contribution in [0.25, 0.3) is 11.4 Å². The molecule has 2 aromatic carbocycles. The minimum absolute atomic E-state index is 0.166. The summed E-state index contributed by atoms with van der Waals surface area (Å²) in [5.41, 5.74) is 2.02. The molecule has 1 fully saturated rings. The van der Waals surface area contributed by atoms with Crippen LogP contribution in [0.3, 0.4) is 0 Å². The third-order valence-electron chi connectivity index (χ3n) is 8.02. The Morgan fingerprint density at radius 1 is 1.07 bits per heavy atom. The van der Waals surface area contributed by atoms with Crippen LogP contribution in [-0.2, 0) is 10.3 Å². The molecule has 0 bridgehead atoms. The highest BCUT2D eigenvalue weighted by Crippen LogP contribution is 2.55. The van der Waals surface area contributed by atoms with Crippen molar-refractivity contribution in [3.63, 3.8) is 0 Å². The number of benzene rings is 2. The lowest BCUT2D eigenvalue weighted by Gasteiger charge is -2.36. The van der Waals surface area contributed by atoms with Gasteiger partial charge in [0.25, 0.3) is 11.8 Å². The van der Waals surface area contributed by atoms with Crippen LogP contribution in [0.4, 0.5) is 11.4 Å². The second-order valence-electron chi connectivity index (χ2n) is 10.9. The zero-order valence-electron chi connectivity index (χ0n) is 22.8. The van der Waals surface area contributed by atoms with Crippen LogP contribution in [0.15, 0.2) is 42.6 Å². The summed E-state index contributed by atoms with van der Waals surface area (Å²) in [5.74, 6) is 1.09. The number of imidazole rings is 1. The summed E-state index contributed by atoms with van der Waals surface area (Å²) in [4.78, 5) is 44.6. The van der Waals surface area contributed by atoms with E-state index >= 15 is 0 Å². The maximum Gasteiger partial charge on any atom is 0.280 e. The average Bonchev–Trinajstić information content (AvgIpc) is 3.59. The third kappa shape index (κ3) is 3.58. The van der Waals surface area contributed by atoms with E-state index in [0.717, 1.165) is 24.2 Å². The van der Waals surface area contributed by atoms with Crippen LogP contribution >= 0.6 is 23.2 Å². The van der Waals surface area contributed by atoms with Gasteiger partial charge in [-0.1, -0.05) is 35.3 Å². The Kier molecular flexibility index (Phi) is 5.72. The summed E-state index contributed by atoms with van der Waals surface area (Å²) in [6.07, 6.45) is 3.80. The molecule has 4 aromatic rings. The van der Waals surface area contributed by atoms with Gasteiger partial charge in [0.15, 0.2) is 11.2 Å². The van der Waals surface area contributed by atoms with Gasteiger partial charge in [0.05, 0.1) is 24.1 Å². The number of fused-ring (bicyclic) bond motifs is 4. The first-order valence-electron chi connectivity index (χ1n) is 13.4. The summed E-state index contributed by atoms with van der Waals surface area (Å²) in [6.45, 7) is 5.85. The Labute approximate surface area is 246 Å². The molecule has 2 aromatic heterocycles. The second kappa shape index (κ2) is 9.03. The molecule has 1 saturated carbocycles. The van der Waals surface area contributed by atoms with Crippen molar-refractivity contribution < 1.29 is 14.3 Å². The fourth-order valence-corrected chi connectivity index (χ4v) is 6.39. The van der Waals surface area contributed by atoms with Crippen LogP contribution in [0.1, 0.15) is 71.8 Å². The summed E-state index contributed by atoms with van der Waals surface area (Å²) >= 11 is 12.8. The van der Waals surface area contributed by atoms with Gasteiger partial charge >= 0.3 is 0 Å². The van der Waals surface area contributed by atoms with Gasteiger partial charge in [0.2, 0.25) is 5.88 Å². The molecular formula is C30H26Cl2N6O3. The van der Waals surface area contributed by atoms with Crippen molar-refractivity contribution >= 4 is 46.4 Å². The number of amides is 2. The largest absolute Gasteiger partial charge is 0.480 e. The van der Waals surface area contributed by atoms with E-state index in [1.54, 1.807) is 43.6 Å². The van der Waals surface area contributed by atoms with Crippen molar-refractivity contribution in [2.45, 2.75) is 51.1 Å². The summed E-state index contributed by atoms with van der Waals surface area (Å²) in [6, 6.07) is 10.3. The molecule has 0 saturated heterocycles. The maximum atomic E-state index is 14.5. The minimum Gasteiger partial charge on any atom is -0.480 e. The van der Waals surface area contributed by atoms with Crippen molar-refractivity contribution in [1.29, 1.82) is 0 Å². The molecule has 3 aliphatic rings. The average molecular weight is 589 g/mol. The van der Waals surface area contributed by atoms with Gasteiger partial charge in [-0.2, -0.15) is 4.98 Å². The molecular weight excluding hydrogens is 563 g/mol. The van der Waals surface area contributed by atoms with Crippen molar-refractivity contribution in [2.24, 2.45) is 0 Å². The number of anilines is 2. The van der Waals surface area contributed by atoms with Crippen LogP contribution in [-0.4, -0.2) is 38.4 Å². The Morgan fingerprint density at radius 3 is 2.51 bits per heavy atom. The summed E-state index contributed by atoms with van der Waals surface area (Å²) in [7, 11) is 1.56. The van der Waals surface area contributed by atoms with Gasteiger partial charge in [0.1, 0.15) is 11.6 Å². The van der Waals surface area contributed by atoms with Gasteiger partial charge in [-0.05, 0) is 63.4 Å². The van der Waals surface area contributed by atoms with Crippen LogP contribution in [0.2, 0.25) is 10.0 Å². The molecule has 4 heterocycles. The molecule has 41 heavy (non-hydrogen) atoms. The number of methoxy groups -OCH3 is 1. The Morgan fingerprint density at radius 2 is 1.80 bits per heavy atom. The number of hydrogen-bond donors (Lipinski definition) is 1. The molecule has 1 N–H and O–H groups in total. The lowest BCUT2D eigenvalue weighted by Crippen LogP contribution is -2.51. The lowest BCUT2D eigenvalue weighted by molar-refractivity contribution is -0.119. The number of nitrogens with one attached hydrogen (secondary N) is 1. The molecule has 1 aliphatic carbocycles. The van der Waals surface area contributed by atoms with Gasteiger partial charge in [-0.15, -0.1) is 0 Å². The number of carbonyl (C=O) groups excluding carboxylic acids is 2. The second-order valence-corrected chi connectivity index (χ2v) is 11.8. The number of nitrogens with zero attached hydrogens (tertiary/aromatic N) is 5. The predicted octanol–water partition coefficient (Wildman–Crippen LogP) is 6.28. The van der Waals surface area contributed by atoms with Crippen LogP contribution in [0.5, 0.6) is 5.88 Å². The Balaban J connectivity index is 1.55. The predicted molar refractivity (Wildman–Crippen MR) is 156 cm³/mol. The molecule has 9 nitrogen and oxygen atoms in total. The maximum absolute atomic E-state index is 14.5. The normalized spacial score (nSPS) is 19.2. The molecule has 7 rings (SSSR count). The van der Waals surface area contributed by atoms with E-state index in [-0.39, 0.29) is 17.6 Å². The number of carbonyl (C=O) groups is 2. The molecule has 2 amide bonds. The van der Waals surface area contributed by atoms with Crippen molar-refractivity contribution in [2.75, 3.05) is 17.3 Å². The van der Waals surface area contributed by atoms with Gasteiger partial charge in [0, 0.05) is 39.5 Å². The summed E-state index contributed by atoms with van der Waals surface area (Å²) < 4.78 is 7.62. The van der Waals surface area contributed by atoms with E-state index in [4.69, 9.17) is 32.9 Å². The highest BCUT2D eigenvalue weighted by molar-refractivity contribution is 6.32. The Hall–Kier alpha value is -3.95.